The first kappa shape index (κ1) is 20.2. The van der Waals surface area contributed by atoms with E-state index in [0.29, 0.717) is 11.1 Å². The molecule has 0 unspecified atom stereocenters. The van der Waals surface area contributed by atoms with Crippen LogP contribution in [0.5, 0.6) is 0 Å². The van der Waals surface area contributed by atoms with E-state index in [0.717, 1.165) is 42.0 Å². The van der Waals surface area contributed by atoms with E-state index in [9.17, 15) is 9.59 Å². The van der Waals surface area contributed by atoms with Gasteiger partial charge in [-0.3, -0.25) is 14.5 Å². The Morgan fingerprint density at radius 2 is 1.37 bits per heavy atom. The summed E-state index contributed by atoms with van der Waals surface area (Å²) in [5.74, 6) is -0.0658. The number of amides is 1. The zero-order chi connectivity index (χ0) is 20.8. The van der Waals surface area contributed by atoms with Crippen LogP contribution >= 0.6 is 11.8 Å². The molecule has 0 atom stereocenters. The molecule has 0 aliphatic heterocycles. The van der Waals surface area contributed by atoms with Gasteiger partial charge in [-0.25, -0.2) is 0 Å². The Bertz CT molecular complexity index is 1060. The molecule has 4 heteroatoms. The number of carbonyl (C=O) groups excluding carboxylic acids is 2. The molecule has 0 aromatic heterocycles. The summed E-state index contributed by atoms with van der Waals surface area (Å²) in [7, 11) is 0. The molecule has 0 fully saturated rings. The van der Waals surface area contributed by atoms with Gasteiger partial charge in [0.05, 0.1) is 5.69 Å². The van der Waals surface area contributed by atoms with Gasteiger partial charge in [-0.2, -0.15) is 0 Å². The summed E-state index contributed by atoms with van der Waals surface area (Å²) in [5, 5.41) is -0.0345. The smallest absolute Gasteiger partial charge is 0.262 e. The van der Waals surface area contributed by atoms with Gasteiger partial charge in [0.1, 0.15) is 0 Å². The number of para-hydroxylation sites is 1. The second kappa shape index (κ2) is 9.59. The third-order valence-electron chi connectivity index (χ3n) is 5.10. The van der Waals surface area contributed by atoms with Crippen LogP contribution in [-0.4, -0.2) is 11.0 Å². The molecule has 4 rings (SSSR count). The minimum Gasteiger partial charge on any atom is -0.281 e. The van der Waals surface area contributed by atoms with Crippen LogP contribution in [0.2, 0.25) is 0 Å². The molecule has 0 saturated carbocycles. The Labute approximate surface area is 181 Å². The molecule has 3 aromatic rings. The summed E-state index contributed by atoms with van der Waals surface area (Å²) in [4.78, 5) is 29.0. The number of allylic oxidation sites excluding steroid dienone is 2. The summed E-state index contributed by atoms with van der Waals surface area (Å²) in [6.45, 7) is 0. The molecule has 3 aromatic carbocycles. The van der Waals surface area contributed by atoms with Gasteiger partial charge in [-0.15, -0.1) is 0 Å². The summed E-state index contributed by atoms with van der Waals surface area (Å²) in [6.07, 6.45) is 6.17. The third kappa shape index (κ3) is 4.55. The number of benzene rings is 3. The molecule has 0 radical (unpaired) electrons. The lowest BCUT2D eigenvalue weighted by molar-refractivity contribution is 0.0992. The first-order valence-electron chi connectivity index (χ1n) is 10.2. The zero-order valence-corrected chi connectivity index (χ0v) is 17.5. The van der Waals surface area contributed by atoms with Gasteiger partial charge in [0.25, 0.3) is 5.91 Å². The van der Waals surface area contributed by atoms with Crippen LogP contribution in [0.3, 0.4) is 0 Å². The quantitative estimate of drug-likeness (QED) is 0.436. The van der Waals surface area contributed by atoms with Gasteiger partial charge in [-0.1, -0.05) is 66.7 Å². The fourth-order valence-electron chi connectivity index (χ4n) is 3.59. The van der Waals surface area contributed by atoms with E-state index in [1.807, 2.05) is 84.9 Å². The lowest BCUT2D eigenvalue weighted by Crippen LogP contribution is -2.31. The molecule has 3 nitrogen and oxygen atoms in total. The molecular formula is C26H23NO2S. The first-order valence-corrected chi connectivity index (χ1v) is 11.0. The lowest BCUT2D eigenvalue weighted by Gasteiger charge is -2.29. The Balaban J connectivity index is 1.73. The normalized spacial score (nSPS) is 13.4. The van der Waals surface area contributed by atoms with E-state index >= 15 is 0 Å². The standard InChI is InChI=1S/C26H23NO2S/c28-25(20-12-4-1-5-13-20)27(22-16-8-3-9-17-22)23-18-10-11-19-24(23)30-26(29)21-14-6-2-7-15-21/h1-2,4-7,10-16,18-19H,3,8-9,17H2. The molecule has 0 N–H and O–H groups in total. The molecule has 1 aliphatic rings. The second-order valence-electron chi connectivity index (χ2n) is 7.17. The molecule has 0 bridgehead atoms. The van der Waals surface area contributed by atoms with Crippen molar-refractivity contribution in [2.24, 2.45) is 0 Å². The summed E-state index contributed by atoms with van der Waals surface area (Å²) in [6, 6.07) is 26.2. The third-order valence-corrected chi connectivity index (χ3v) is 6.08. The highest BCUT2D eigenvalue weighted by Gasteiger charge is 2.25. The van der Waals surface area contributed by atoms with E-state index in [1.165, 1.54) is 11.8 Å². The van der Waals surface area contributed by atoms with Crippen molar-refractivity contribution in [3.63, 3.8) is 0 Å². The lowest BCUT2D eigenvalue weighted by atomic mass is 10.0. The Morgan fingerprint density at radius 1 is 0.733 bits per heavy atom. The average Bonchev–Trinajstić information content (AvgIpc) is 2.82. The van der Waals surface area contributed by atoms with Crippen molar-refractivity contribution in [1.29, 1.82) is 0 Å². The zero-order valence-electron chi connectivity index (χ0n) is 16.7. The SMILES string of the molecule is O=C(Sc1ccccc1N(C(=O)c1ccccc1)C1=CCCCC1)c1ccccc1. The van der Waals surface area contributed by atoms with Crippen molar-refractivity contribution in [2.75, 3.05) is 4.90 Å². The molecule has 30 heavy (non-hydrogen) atoms. The minimum absolute atomic E-state index is 0.0345. The summed E-state index contributed by atoms with van der Waals surface area (Å²) in [5.41, 5.74) is 3.05. The van der Waals surface area contributed by atoms with Crippen molar-refractivity contribution < 1.29 is 9.59 Å². The maximum Gasteiger partial charge on any atom is 0.262 e. The Kier molecular flexibility index (Phi) is 6.45. The van der Waals surface area contributed by atoms with Gasteiger partial charge in [0, 0.05) is 21.7 Å². The van der Waals surface area contributed by atoms with Crippen molar-refractivity contribution in [2.45, 2.75) is 30.6 Å². The number of thioether (sulfide) groups is 1. The van der Waals surface area contributed by atoms with E-state index < -0.39 is 0 Å². The van der Waals surface area contributed by atoms with Crippen LogP contribution in [0.15, 0.2) is 102 Å². The number of hydrogen-bond donors (Lipinski definition) is 0. The Hall–Kier alpha value is -3.11. The maximum atomic E-state index is 13.5. The number of hydrogen-bond acceptors (Lipinski definition) is 3. The minimum atomic E-state index is -0.0658. The van der Waals surface area contributed by atoms with Crippen LogP contribution in [0, 0.1) is 0 Å². The van der Waals surface area contributed by atoms with Gasteiger partial charge in [0.15, 0.2) is 0 Å². The number of anilines is 1. The fraction of sp³-hybridized carbons (Fsp3) is 0.154. The van der Waals surface area contributed by atoms with E-state index in [2.05, 4.69) is 6.08 Å². The van der Waals surface area contributed by atoms with Crippen molar-refractivity contribution in [3.8, 4) is 0 Å². The average molecular weight is 414 g/mol. The predicted molar refractivity (Wildman–Crippen MR) is 123 cm³/mol. The van der Waals surface area contributed by atoms with Gasteiger partial charge >= 0.3 is 0 Å². The highest BCUT2D eigenvalue weighted by Crippen LogP contribution is 2.37. The van der Waals surface area contributed by atoms with Crippen LogP contribution in [0.1, 0.15) is 46.4 Å². The molecule has 1 amide bonds. The van der Waals surface area contributed by atoms with E-state index in [-0.39, 0.29) is 11.0 Å². The number of carbonyl (C=O) groups is 2. The molecule has 0 saturated heterocycles. The second-order valence-corrected chi connectivity index (χ2v) is 8.19. The van der Waals surface area contributed by atoms with Crippen LogP contribution in [0.25, 0.3) is 0 Å². The highest BCUT2D eigenvalue weighted by molar-refractivity contribution is 8.14. The molecule has 150 valence electrons. The van der Waals surface area contributed by atoms with Crippen LogP contribution in [0.4, 0.5) is 5.69 Å². The number of nitrogens with zero attached hydrogens (tertiary/aromatic N) is 1. The van der Waals surface area contributed by atoms with Crippen LogP contribution in [-0.2, 0) is 0 Å². The van der Waals surface area contributed by atoms with Gasteiger partial charge in [0.2, 0.25) is 5.12 Å². The fourth-order valence-corrected chi connectivity index (χ4v) is 4.45. The predicted octanol–water partition coefficient (Wildman–Crippen LogP) is 6.72. The van der Waals surface area contributed by atoms with E-state index in [1.54, 1.807) is 4.90 Å². The summed E-state index contributed by atoms with van der Waals surface area (Å²) >= 11 is 1.17. The van der Waals surface area contributed by atoms with Gasteiger partial charge < -0.3 is 0 Å². The highest BCUT2D eigenvalue weighted by atomic mass is 32.2. The molecule has 0 spiro atoms. The number of rotatable bonds is 5. The molecular weight excluding hydrogens is 390 g/mol. The van der Waals surface area contributed by atoms with Crippen LogP contribution < -0.4 is 4.90 Å². The maximum absolute atomic E-state index is 13.5. The first-order chi connectivity index (χ1) is 14.7. The Morgan fingerprint density at radius 3 is 2.03 bits per heavy atom. The van der Waals surface area contributed by atoms with E-state index in [4.69, 9.17) is 0 Å². The largest absolute Gasteiger partial charge is 0.281 e. The summed E-state index contributed by atoms with van der Waals surface area (Å²) < 4.78 is 0. The molecule has 1 aliphatic carbocycles. The monoisotopic (exact) mass is 413 g/mol. The van der Waals surface area contributed by atoms with Gasteiger partial charge in [-0.05, 0) is 61.7 Å². The van der Waals surface area contributed by atoms with Crippen molar-refractivity contribution in [3.05, 3.63) is 108 Å². The van der Waals surface area contributed by atoms with Crippen molar-refractivity contribution in [1.82, 2.24) is 0 Å². The topological polar surface area (TPSA) is 37.4 Å². The molecule has 0 heterocycles. The van der Waals surface area contributed by atoms with Crippen molar-refractivity contribution >= 4 is 28.5 Å².